The zero-order valence-electron chi connectivity index (χ0n) is 12.3. The summed E-state index contributed by atoms with van der Waals surface area (Å²) in [7, 11) is 1.58. The highest BCUT2D eigenvalue weighted by Gasteiger charge is 2.33. The molecule has 0 radical (unpaired) electrons. The third-order valence-electron chi connectivity index (χ3n) is 4.10. The van der Waals surface area contributed by atoms with Crippen molar-refractivity contribution < 1.29 is 9.53 Å². The van der Waals surface area contributed by atoms with Crippen LogP contribution in [0.15, 0.2) is 30.3 Å². The van der Waals surface area contributed by atoms with Crippen molar-refractivity contribution >= 4 is 5.91 Å². The van der Waals surface area contributed by atoms with E-state index in [2.05, 4.69) is 6.92 Å². The number of methoxy groups -OCH3 is 1. The second-order valence-electron chi connectivity index (χ2n) is 5.58. The minimum Gasteiger partial charge on any atom is -0.367 e. The molecule has 110 valence electrons. The van der Waals surface area contributed by atoms with Gasteiger partial charge in [-0.25, -0.2) is 0 Å². The number of hydrogen-bond acceptors (Lipinski definition) is 3. The van der Waals surface area contributed by atoms with E-state index in [1.165, 1.54) is 0 Å². The summed E-state index contributed by atoms with van der Waals surface area (Å²) in [6.45, 7) is 3.51. The van der Waals surface area contributed by atoms with Crippen LogP contribution >= 0.6 is 0 Å². The number of nitrogens with zero attached hydrogens (tertiary/aromatic N) is 1. The molecule has 1 amide bonds. The van der Waals surface area contributed by atoms with E-state index in [9.17, 15) is 4.79 Å². The fourth-order valence-corrected chi connectivity index (χ4v) is 2.92. The summed E-state index contributed by atoms with van der Waals surface area (Å²) in [4.78, 5) is 14.7. The predicted molar refractivity (Wildman–Crippen MR) is 79.1 cm³/mol. The van der Waals surface area contributed by atoms with Crippen LogP contribution in [0.25, 0.3) is 0 Å². The topological polar surface area (TPSA) is 55.6 Å². The quantitative estimate of drug-likeness (QED) is 0.914. The molecule has 1 saturated heterocycles. The van der Waals surface area contributed by atoms with Gasteiger partial charge >= 0.3 is 0 Å². The maximum atomic E-state index is 12.8. The Morgan fingerprint density at radius 3 is 2.75 bits per heavy atom. The van der Waals surface area contributed by atoms with Gasteiger partial charge < -0.3 is 15.4 Å². The van der Waals surface area contributed by atoms with Crippen LogP contribution in [0.2, 0.25) is 0 Å². The van der Waals surface area contributed by atoms with Gasteiger partial charge in [0.15, 0.2) is 6.10 Å². The second kappa shape index (κ2) is 6.86. The molecule has 3 atom stereocenters. The Labute approximate surface area is 120 Å². The van der Waals surface area contributed by atoms with Crippen LogP contribution < -0.4 is 5.73 Å². The Morgan fingerprint density at radius 1 is 1.45 bits per heavy atom. The lowest BCUT2D eigenvalue weighted by atomic mass is 9.91. The van der Waals surface area contributed by atoms with Crippen LogP contribution in [0.4, 0.5) is 0 Å². The van der Waals surface area contributed by atoms with Gasteiger partial charge in [0, 0.05) is 26.2 Å². The maximum Gasteiger partial charge on any atom is 0.256 e. The minimum absolute atomic E-state index is 0.0288. The van der Waals surface area contributed by atoms with Crippen LogP contribution in [0.5, 0.6) is 0 Å². The average Bonchev–Trinajstić information content (AvgIpc) is 2.48. The van der Waals surface area contributed by atoms with Gasteiger partial charge in [0.25, 0.3) is 5.91 Å². The monoisotopic (exact) mass is 276 g/mol. The van der Waals surface area contributed by atoms with Crippen molar-refractivity contribution in [2.45, 2.75) is 31.9 Å². The summed E-state index contributed by atoms with van der Waals surface area (Å²) in [6, 6.07) is 9.77. The molecule has 3 unspecified atom stereocenters. The molecule has 4 nitrogen and oxygen atoms in total. The molecular formula is C16H24N2O2. The SMILES string of the molecule is COC(C(=O)N1CCC(C)CC1CN)c1ccccc1. The number of carbonyl (C=O) groups is 1. The van der Waals surface area contributed by atoms with E-state index < -0.39 is 6.10 Å². The molecule has 0 aromatic heterocycles. The van der Waals surface area contributed by atoms with Crippen molar-refractivity contribution in [3.63, 3.8) is 0 Å². The van der Waals surface area contributed by atoms with Crippen molar-refractivity contribution in [2.75, 3.05) is 20.2 Å². The lowest BCUT2D eigenvalue weighted by Gasteiger charge is -2.39. The molecule has 2 N–H and O–H groups in total. The number of benzene rings is 1. The van der Waals surface area contributed by atoms with Gasteiger partial charge in [-0.1, -0.05) is 37.3 Å². The van der Waals surface area contributed by atoms with Gasteiger partial charge in [-0.3, -0.25) is 4.79 Å². The van der Waals surface area contributed by atoms with Gasteiger partial charge in [0.1, 0.15) is 0 Å². The van der Waals surface area contributed by atoms with E-state index in [1.54, 1.807) is 7.11 Å². The summed E-state index contributed by atoms with van der Waals surface area (Å²) < 4.78 is 5.44. The van der Waals surface area contributed by atoms with Gasteiger partial charge in [0.2, 0.25) is 0 Å². The van der Waals surface area contributed by atoms with E-state index in [4.69, 9.17) is 10.5 Å². The smallest absolute Gasteiger partial charge is 0.256 e. The van der Waals surface area contributed by atoms with Crippen molar-refractivity contribution in [1.82, 2.24) is 4.90 Å². The molecule has 1 heterocycles. The van der Waals surface area contributed by atoms with Gasteiger partial charge in [0.05, 0.1) is 0 Å². The van der Waals surface area contributed by atoms with Crippen molar-refractivity contribution in [3.05, 3.63) is 35.9 Å². The molecule has 1 aliphatic heterocycles. The Kier molecular flexibility index (Phi) is 5.15. The zero-order chi connectivity index (χ0) is 14.5. The summed E-state index contributed by atoms with van der Waals surface area (Å²) in [5.41, 5.74) is 6.74. The molecule has 2 rings (SSSR count). The number of nitrogens with two attached hydrogens (primary N) is 1. The van der Waals surface area contributed by atoms with E-state index >= 15 is 0 Å². The molecule has 1 aromatic carbocycles. The first kappa shape index (κ1) is 15.0. The molecule has 1 aromatic rings. The minimum atomic E-state index is -0.529. The maximum absolute atomic E-state index is 12.8. The van der Waals surface area contributed by atoms with Crippen molar-refractivity contribution in [3.8, 4) is 0 Å². The average molecular weight is 276 g/mol. The second-order valence-corrected chi connectivity index (χ2v) is 5.58. The molecule has 0 spiro atoms. The number of piperidine rings is 1. The number of likely N-dealkylation sites (tertiary alicyclic amines) is 1. The highest BCUT2D eigenvalue weighted by Crippen LogP contribution is 2.27. The van der Waals surface area contributed by atoms with Crippen molar-refractivity contribution in [2.24, 2.45) is 11.7 Å². The van der Waals surface area contributed by atoms with Crippen LogP contribution in [0.3, 0.4) is 0 Å². The normalized spacial score (nSPS) is 24.4. The fraction of sp³-hybridized carbons (Fsp3) is 0.562. The summed E-state index contributed by atoms with van der Waals surface area (Å²) >= 11 is 0. The highest BCUT2D eigenvalue weighted by atomic mass is 16.5. The zero-order valence-corrected chi connectivity index (χ0v) is 12.3. The first-order valence-corrected chi connectivity index (χ1v) is 7.25. The van der Waals surface area contributed by atoms with Crippen LogP contribution in [0, 0.1) is 5.92 Å². The van der Waals surface area contributed by atoms with E-state index in [0.29, 0.717) is 12.5 Å². The predicted octanol–water partition coefficient (Wildman–Crippen LogP) is 1.96. The summed E-state index contributed by atoms with van der Waals surface area (Å²) in [6.07, 6.45) is 1.49. The third-order valence-corrected chi connectivity index (χ3v) is 4.10. The van der Waals surface area contributed by atoms with E-state index in [0.717, 1.165) is 24.9 Å². The Hall–Kier alpha value is -1.39. The molecule has 1 fully saturated rings. The van der Waals surface area contributed by atoms with Crippen LogP contribution in [0.1, 0.15) is 31.4 Å². The largest absolute Gasteiger partial charge is 0.367 e. The van der Waals surface area contributed by atoms with Gasteiger partial charge in [-0.05, 0) is 24.3 Å². The summed E-state index contributed by atoms with van der Waals surface area (Å²) in [5, 5.41) is 0. The number of amides is 1. The van der Waals surface area contributed by atoms with Crippen molar-refractivity contribution in [1.29, 1.82) is 0 Å². The molecule has 0 bridgehead atoms. The number of ether oxygens (including phenoxy) is 1. The summed E-state index contributed by atoms with van der Waals surface area (Å²) in [5.74, 6) is 0.659. The Balaban J connectivity index is 2.16. The molecule has 0 aliphatic carbocycles. The molecule has 20 heavy (non-hydrogen) atoms. The van der Waals surface area contributed by atoms with Gasteiger partial charge in [-0.2, -0.15) is 0 Å². The van der Waals surface area contributed by atoms with Crippen LogP contribution in [-0.4, -0.2) is 37.0 Å². The lowest BCUT2D eigenvalue weighted by molar-refractivity contribution is -0.146. The standard InChI is InChI=1S/C16H24N2O2/c1-12-8-9-18(14(10-12)11-17)16(19)15(20-2)13-6-4-3-5-7-13/h3-7,12,14-15H,8-11,17H2,1-2H3. The number of hydrogen-bond donors (Lipinski definition) is 1. The lowest BCUT2D eigenvalue weighted by Crippen LogP contribution is -2.51. The molecule has 1 aliphatic rings. The number of carbonyl (C=O) groups excluding carboxylic acids is 1. The Morgan fingerprint density at radius 2 is 2.15 bits per heavy atom. The van der Waals surface area contributed by atoms with E-state index in [1.807, 2.05) is 35.2 Å². The molecule has 4 heteroatoms. The first-order chi connectivity index (χ1) is 9.67. The molecular weight excluding hydrogens is 252 g/mol. The number of rotatable bonds is 4. The highest BCUT2D eigenvalue weighted by molar-refractivity contribution is 5.82. The fourth-order valence-electron chi connectivity index (χ4n) is 2.92. The van der Waals surface area contributed by atoms with E-state index in [-0.39, 0.29) is 11.9 Å². The van der Waals surface area contributed by atoms with Gasteiger partial charge in [-0.15, -0.1) is 0 Å². The molecule has 0 saturated carbocycles. The Bertz CT molecular complexity index is 435. The van der Waals surface area contributed by atoms with Crippen LogP contribution in [-0.2, 0) is 9.53 Å². The third kappa shape index (κ3) is 3.19. The first-order valence-electron chi connectivity index (χ1n) is 7.25.